The van der Waals surface area contributed by atoms with Gasteiger partial charge in [0.15, 0.2) is 11.5 Å². The molecular weight excluding hydrogens is 542 g/mol. The van der Waals surface area contributed by atoms with Crippen LogP contribution in [0.5, 0.6) is 23.0 Å². The van der Waals surface area contributed by atoms with Crippen molar-refractivity contribution in [2.45, 2.75) is 19.3 Å². The highest BCUT2D eigenvalue weighted by molar-refractivity contribution is 5.82. The van der Waals surface area contributed by atoms with Crippen molar-refractivity contribution in [2.75, 3.05) is 58.6 Å². The maximum Gasteiger partial charge on any atom is 0.203 e. The molecule has 0 atom stereocenters. The molecule has 3 N–H and O–H groups in total. The van der Waals surface area contributed by atoms with Crippen LogP contribution in [0.2, 0.25) is 0 Å². The van der Waals surface area contributed by atoms with Crippen LogP contribution in [0.4, 0.5) is 17.2 Å². The highest BCUT2D eigenvalue weighted by Gasteiger charge is 2.18. The van der Waals surface area contributed by atoms with Gasteiger partial charge in [0.25, 0.3) is 0 Å². The molecule has 3 aromatic carbocycles. The largest absolute Gasteiger partial charge is 0.493 e. The highest BCUT2D eigenvalue weighted by atomic mass is 16.5. The Balaban J connectivity index is 1.31. The molecule has 1 aliphatic heterocycles. The predicted molar refractivity (Wildman–Crippen MR) is 169 cm³/mol. The second-order valence-electron chi connectivity index (χ2n) is 10.3. The van der Waals surface area contributed by atoms with Crippen LogP contribution in [0.25, 0.3) is 22.4 Å². The molecule has 0 radical (unpaired) electrons. The smallest absolute Gasteiger partial charge is 0.203 e. The number of rotatable bonds is 11. The first-order valence-corrected chi connectivity index (χ1v) is 14.4. The molecule has 0 spiro atoms. The van der Waals surface area contributed by atoms with Crippen molar-refractivity contribution in [3.8, 4) is 51.5 Å². The van der Waals surface area contributed by atoms with Gasteiger partial charge in [0.05, 0.1) is 27.0 Å². The summed E-state index contributed by atoms with van der Waals surface area (Å²) in [6, 6.07) is 23.5. The summed E-state index contributed by atoms with van der Waals surface area (Å²) < 4.78 is 22.4. The summed E-state index contributed by atoms with van der Waals surface area (Å²) in [6.07, 6.45) is 3.91. The number of nitriles is 1. The number of piperidine rings is 1. The molecule has 1 aromatic heterocycles. The number of nitrogen functional groups attached to an aromatic ring is 1. The van der Waals surface area contributed by atoms with Gasteiger partial charge in [-0.1, -0.05) is 18.6 Å². The van der Waals surface area contributed by atoms with Gasteiger partial charge in [-0.05, 0) is 86.1 Å². The minimum atomic E-state index is 0.143. The van der Waals surface area contributed by atoms with Crippen LogP contribution in [-0.4, -0.2) is 57.5 Å². The van der Waals surface area contributed by atoms with Crippen LogP contribution in [0.1, 0.15) is 24.8 Å². The molecule has 1 fully saturated rings. The molecule has 5 rings (SSSR count). The Morgan fingerprint density at radius 3 is 2.05 bits per heavy atom. The summed E-state index contributed by atoms with van der Waals surface area (Å²) in [5.41, 5.74) is 11.2. The summed E-state index contributed by atoms with van der Waals surface area (Å²) in [5.74, 6) is 2.48. The fraction of sp³-hybridized carbons (Fsp3) is 0.294. The third kappa shape index (κ3) is 6.93. The predicted octanol–water partition coefficient (Wildman–Crippen LogP) is 6.50. The summed E-state index contributed by atoms with van der Waals surface area (Å²) in [4.78, 5) is 6.98. The van der Waals surface area contributed by atoms with E-state index in [1.54, 1.807) is 33.5 Å². The summed E-state index contributed by atoms with van der Waals surface area (Å²) in [7, 11) is 4.67. The molecule has 0 saturated carbocycles. The van der Waals surface area contributed by atoms with Crippen molar-refractivity contribution < 1.29 is 18.9 Å². The lowest BCUT2D eigenvalue weighted by molar-refractivity contribution is 0.183. The zero-order valence-electron chi connectivity index (χ0n) is 24.9. The van der Waals surface area contributed by atoms with Crippen LogP contribution >= 0.6 is 0 Å². The SMILES string of the molecule is COc1cc(-c2cc(-c3ccc(Nc4ccc(OCCN5CCCCC5)cc4)cc3)c(C#N)c(N)n2)cc(OC)c1OC. The first-order valence-electron chi connectivity index (χ1n) is 14.4. The van der Waals surface area contributed by atoms with Crippen LogP contribution in [0.3, 0.4) is 0 Å². The lowest BCUT2D eigenvalue weighted by atomic mass is 9.98. The molecule has 0 bridgehead atoms. The van der Waals surface area contributed by atoms with E-state index in [1.165, 1.54) is 32.4 Å². The third-order valence-corrected chi connectivity index (χ3v) is 7.58. The number of nitrogens with zero attached hydrogens (tertiary/aromatic N) is 3. The zero-order valence-corrected chi connectivity index (χ0v) is 24.9. The summed E-state index contributed by atoms with van der Waals surface area (Å²) in [6.45, 7) is 4.00. The van der Waals surface area contributed by atoms with E-state index in [0.717, 1.165) is 29.2 Å². The monoisotopic (exact) mass is 579 g/mol. The quantitative estimate of drug-likeness (QED) is 0.205. The summed E-state index contributed by atoms with van der Waals surface area (Å²) in [5, 5.41) is 13.3. The third-order valence-electron chi connectivity index (χ3n) is 7.58. The Hall–Kier alpha value is -4.94. The van der Waals surface area contributed by atoms with Gasteiger partial charge in [0.1, 0.15) is 29.8 Å². The number of ether oxygens (including phenoxy) is 4. The van der Waals surface area contributed by atoms with Gasteiger partial charge in [-0.2, -0.15) is 5.26 Å². The minimum absolute atomic E-state index is 0.143. The second kappa shape index (κ2) is 13.8. The van der Waals surface area contributed by atoms with Gasteiger partial charge in [0, 0.05) is 29.0 Å². The normalized spacial score (nSPS) is 13.2. The molecule has 0 aliphatic carbocycles. The number of anilines is 3. The Morgan fingerprint density at radius 2 is 1.47 bits per heavy atom. The van der Waals surface area contributed by atoms with Gasteiger partial charge in [-0.25, -0.2) is 4.98 Å². The standard InChI is InChI=1S/C34H37N5O4/c1-40-31-19-24(20-32(41-2)33(31)42-3)30-21-28(29(22-35)34(36)38-30)23-7-9-25(10-8-23)37-26-11-13-27(14-12-26)43-18-17-39-15-5-4-6-16-39/h7-14,19-21,37H,4-6,15-18H2,1-3H3,(H2,36,38). The number of hydrogen-bond acceptors (Lipinski definition) is 9. The van der Waals surface area contributed by atoms with Crippen LogP contribution in [0, 0.1) is 11.3 Å². The van der Waals surface area contributed by atoms with Gasteiger partial charge in [-0.3, -0.25) is 4.90 Å². The molecule has 1 saturated heterocycles. The molecule has 2 heterocycles. The number of nitrogens with one attached hydrogen (secondary N) is 1. The summed E-state index contributed by atoms with van der Waals surface area (Å²) >= 11 is 0. The van der Waals surface area contributed by atoms with Gasteiger partial charge >= 0.3 is 0 Å². The maximum atomic E-state index is 9.90. The van der Waals surface area contributed by atoms with E-state index in [-0.39, 0.29) is 5.82 Å². The van der Waals surface area contributed by atoms with Gasteiger partial charge < -0.3 is 30.0 Å². The van der Waals surface area contributed by atoms with E-state index in [0.29, 0.717) is 46.2 Å². The van der Waals surface area contributed by atoms with Crippen LogP contribution in [-0.2, 0) is 0 Å². The molecule has 222 valence electrons. The highest BCUT2D eigenvalue weighted by Crippen LogP contribution is 2.42. The molecular formula is C34H37N5O4. The lowest BCUT2D eigenvalue weighted by Gasteiger charge is -2.26. The van der Waals surface area contributed by atoms with E-state index < -0.39 is 0 Å². The van der Waals surface area contributed by atoms with E-state index in [9.17, 15) is 5.26 Å². The molecule has 0 amide bonds. The van der Waals surface area contributed by atoms with Crippen LogP contribution < -0.4 is 30.0 Å². The van der Waals surface area contributed by atoms with E-state index in [1.807, 2.05) is 54.6 Å². The number of methoxy groups -OCH3 is 3. The Labute approximate surface area is 252 Å². The molecule has 4 aromatic rings. The minimum Gasteiger partial charge on any atom is -0.493 e. The maximum absolute atomic E-state index is 9.90. The number of pyridine rings is 1. The first kappa shape index (κ1) is 29.5. The van der Waals surface area contributed by atoms with Crippen molar-refractivity contribution in [1.82, 2.24) is 9.88 Å². The number of nitrogens with two attached hydrogens (primary N) is 1. The Kier molecular flexibility index (Phi) is 9.49. The number of aromatic nitrogens is 1. The number of benzene rings is 3. The van der Waals surface area contributed by atoms with Crippen molar-refractivity contribution >= 4 is 17.2 Å². The Bertz CT molecular complexity index is 1550. The number of hydrogen-bond donors (Lipinski definition) is 2. The van der Waals surface area contributed by atoms with Gasteiger partial charge in [-0.15, -0.1) is 0 Å². The van der Waals surface area contributed by atoms with E-state index in [2.05, 4.69) is 21.3 Å². The first-order chi connectivity index (χ1) is 21.0. The van der Waals surface area contributed by atoms with Crippen molar-refractivity contribution in [3.05, 3.63) is 72.3 Å². The van der Waals surface area contributed by atoms with Gasteiger partial charge in [0.2, 0.25) is 5.75 Å². The molecule has 43 heavy (non-hydrogen) atoms. The Morgan fingerprint density at radius 1 is 0.837 bits per heavy atom. The fourth-order valence-electron chi connectivity index (χ4n) is 5.30. The molecule has 9 heteroatoms. The van der Waals surface area contributed by atoms with Crippen molar-refractivity contribution in [3.63, 3.8) is 0 Å². The topological polar surface area (TPSA) is 115 Å². The van der Waals surface area contributed by atoms with Crippen molar-refractivity contribution in [2.24, 2.45) is 0 Å². The number of likely N-dealkylation sites (tertiary alicyclic amines) is 1. The zero-order chi connectivity index (χ0) is 30.2. The fourth-order valence-corrected chi connectivity index (χ4v) is 5.30. The van der Waals surface area contributed by atoms with Crippen LogP contribution in [0.15, 0.2) is 66.7 Å². The second-order valence-corrected chi connectivity index (χ2v) is 10.3. The van der Waals surface area contributed by atoms with E-state index >= 15 is 0 Å². The van der Waals surface area contributed by atoms with E-state index in [4.69, 9.17) is 24.7 Å². The molecule has 9 nitrogen and oxygen atoms in total. The average Bonchev–Trinajstić information content (AvgIpc) is 3.05. The average molecular weight is 580 g/mol. The van der Waals surface area contributed by atoms with Crippen molar-refractivity contribution in [1.29, 1.82) is 5.26 Å². The molecule has 0 unspecified atom stereocenters. The molecule has 1 aliphatic rings. The lowest BCUT2D eigenvalue weighted by Crippen LogP contribution is -2.33.